The van der Waals surface area contributed by atoms with Crippen LogP contribution < -0.4 is 15.3 Å². The second kappa shape index (κ2) is 6.15. The minimum absolute atomic E-state index is 0.203. The van der Waals surface area contributed by atoms with E-state index in [1.165, 1.54) is 0 Å². The van der Waals surface area contributed by atoms with Crippen LogP contribution in [0.3, 0.4) is 0 Å². The van der Waals surface area contributed by atoms with Crippen molar-refractivity contribution in [3.63, 3.8) is 0 Å². The van der Waals surface area contributed by atoms with E-state index >= 15 is 0 Å². The van der Waals surface area contributed by atoms with Gasteiger partial charge in [-0.15, -0.1) is 0 Å². The summed E-state index contributed by atoms with van der Waals surface area (Å²) in [5.74, 6) is -1.39. The smallest absolute Gasteiger partial charge is 0.278 e. The van der Waals surface area contributed by atoms with Gasteiger partial charge in [0.25, 0.3) is 5.91 Å². The third-order valence-electron chi connectivity index (χ3n) is 4.22. The highest BCUT2D eigenvalue weighted by molar-refractivity contribution is 5.86. The van der Waals surface area contributed by atoms with Crippen molar-refractivity contribution >= 4 is 22.6 Å². The molecular formula is C17H18N2O3. The fourth-order valence-electron chi connectivity index (χ4n) is 3.14. The van der Waals surface area contributed by atoms with Crippen molar-refractivity contribution in [2.75, 3.05) is 13.1 Å². The molecule has 114 valence electrons. The Balaban J connectivity index is 1.89. The van der Waals surface area contributed by atoms with E-state index in [2.05, 4.69) is 23.5 Å². The number of carboxylic acid groups (broad SMARTS) is 1. The normalized spacial score (nSPS) is 21.5. The fraction of sp³-hybridized carbons (Fsp3) is 0.294. The molecule has 5 nitrogen and oxygen atoms in total. The standard InChI is InChI=1S/C17H18N2O3/c20-16(21)10-15-17(22)18-8-9-19(15)11-13-6-3-5-12-4-1-2-7-14(12)13/h1-7,15H,8-11H2,(H,18,22)(H,20,21)/t15-/m0/s1. The fourth-order valence-corrected chi connectivity index (χ4v) is 3.14. The molecule has 2 aromatic carbocycles. The number of carbonyl (C=O) groups excluding carboxylic acids is 2. The molecule has 2 atom stereocenters. The minimum atomic E-state index is -1.18. The van der Waals surface area contributed by atoms with Crippen LogP contribution in [0.5, 0.6) is 0 Å². The van der Waals surface area contributed by atoms with Gasteiger partial charge in [0.1, 0.15) is 6.54 Å². The molecule has 1 saturated heterocycles. The number of nitrogens with one attached hydrogen (secondary N) is 2. The van der Waals surface area contributed by atoms with Gasteiger partial charge in [0, 0.05) is 18.0 Å². The van der Waals surface area contributed by atoms with Crippen LogP contribution in [0, 0.1) is 0 Å². The summed E-state index contributed by atoms with van der Waals surface area (Å²) in [7, 11) is 0. The number of benzene rings is 2. The number of carbonyl (C=O) groups is 2. The lowest BCUT2D eigenvalue weighted by Crippen LogP contribution is -3.18. The van der Waals surface area contributed by atoms with Gasteiger partial charge in [-0.3, -0.25) is 4.79 Å². The van der Waals surface area contributed by atoms with E-state index in [1.807, 2.05) is 24.3 Å². The summed E-state index contributed by atoms with van der Waals surface area (Å²) >= 11 is 0. The molecular weight excluding hydrogens is 280 g/mol. The van der Waals surface area contributed by atoms with Gasteiger partial charge in [-0.25, -0.2) is 0 Å². The Bertz CT molecular complexity index is 709. The number of carboxylic acids is 1. The van der Waals surface area contributed by atoms with E-state index in [4.69, 9.17) is 0 Å². The molecule has 0 spiro atoms. The van der Waals surface area contributed by atoms with E-state index in [0.717, 1.165) is 21.2 Å². The summed E-state index contributed by atoms with van der Waals surface area (Å²) < 4.78 is 0. The Kier molecular flexibility index (Phi) is 4.06. The summed E-state index contributed by atoms with van der Waals surface area (Å²) in [6.07, 6.45) is -0.244. The summed E-state index contributed by atoms with van der Waals surface area (Å²) in [6, 6.07) is 13.6. The van der Waals surface area contributed by atoms with Crippen LogP contribution >= 0.6 is 0 Å². The number of hydrogen-bond acceptors (Lipinski definition) is 3. The maximum atomic E-state index is 12.0. The van der Waals surface area contributed by atoms with Gasteiger partial charge in [0.15, 0.2) is 6.04 Å². The average Bonchev–Trinajstić information content (AvgIpc) is 2.51. The van der Waals surface area contributed by atoms with E-state index in [1.54, 1.807) is 0 Å². The van der Waals surface area contributed by atoms with Crippen LogP contribution in [-0.2, 0) is 16.1 Å². The molecule has 2 N–H and O–H groups in total. The van der Waals surface area contributed by atoms with E-state index in [9.17, 15) is 14.7 Å². The van der Waals surface area contributed by atoms with Crippen molar-refractivity contribution in [3.8, 4) is 0 Å². The number of hydrogen-bond donors (Lipinski definition) is 2. The molecule has 1 heterocycles. The van der Waals surface area contributed by atoms with E-state index < -0.39 is 12.0 Å². The first kappa shape index (κ1) is 14.5. The highest BCUT2D eigenvalue weighted by Gasteiger charge is 2.33. The number of quaternary nitrogens is 1. The van der Waals surface area contributed by atoms with Crippen molar-refractivity contribution in [1.29, 1.82) is 0 Å². The second-order valence-electron chi connectivity index (χ2n) is 5.64. The molecule has 1 amide bonds. The molecule has 0 radical (unpaired) electrons. The topological polar surface area (TPSA) is 73.7 Å². The zero-order chi connectivity index (χ0) is 15.5. The van der Waals surface area contributed by atoms with Crippen LogP contribution in [0.1, 0.15) is 12.0 Å². The SMILES string of the molecule is O=C([O-])C[C@H]1C(=O)NCC[NH+]1Cc1cccc2ccccc12. The van der Waals surface area contributed by atoms with Crippen molar-refractivity contribution < 1.29 is 19.6 Å². The Morgan fingerprint density at radius 1 is 1.23 bits per heavy atom. The first-order chi connectivity index (χ1) is 10.6. The van der Waals surface area contributed by atoms with Crippen molar-refractivity contribution in [2.45, 2.75) is 19.0 Å². The van der Waals surface area contributed by atoms with E-state index in [-0.39, 0.29) is 12.3 Å². The molecule has 22 heavy (non-hydrogen) atoms. The van der Waals surface area contributed by atoms with Crippen molar-refractivity contribution in [3.05, 3.63) is 48.0 Å². The van der Waals surface area contributed by atoms with Gasteiger partial charge in [-0.1, -0.05) is 42.5 Å². The van der Waals surface area contributed by atoms with Crippen LogP contribution in [0.2, 0.25) is 0 Å². The molecule has 5 heteroatoms. The number of aliphatic carboxylic acids is 1. The molecule has 0 aliphatic carbocycles. The highest BCUT2D eigenvalue weighted by atomic mass is 16.4. The largest absolute Gasteiger partial charge is 0.550 e. The Morgan fingerprint density at radius 2 is 2.00 bits per heavy atom. The van der Waals surface area contributed by atoms with Gasteiger partial charge in [0.05, 0.1) is 13.1 Å². The van der Waals surface area contributed by atoms with Gasteiger partial charge in [-0.05, 0) is 10.8 Å². The number of amides is 1. The highest BCUT2D eigenvalue weighted by Crippen LogP contribution is 2.17. The number of rotatable bonds is 4. The minimum Gasteiger partial charge on any atom is -0.550 e. The molecule has 0 aromatic heterocycles. The maximum Gasteiger partial charge on any atom is 0.278 e. The Hall–Kier alpha value is -2.40. The molecule has 2 aromatic rings. The summed E-state index contributed by atoms with van der Waals surface area (Å²) in [5.41, 5.74) is 1.13. The molecule has 1 aliphatic rings. The Morgan fingerprint density at radius 3 is 2.82 bits per heavy atom. The summed E-state index contributed by atoms with van der Waals surface area (Å²) in [6.45, 7) is 1.92. The number of fused-ring (bicyclic) bond motifs is 1. The van der Waals surface area contributed by atoms with Crippen LogP contribution in [0.4, 0.5) is 0 Å². The first-order valence-electron chi connectivity index (χ1n) is 7.44. The predicted octanol–water partition coefficient (Wildman–Crippen LogP) is -1.14. The van der Waals surface area contributed by atoms with Crippen LogP contribution in [-0.4, -0.2) is 31.0 Å². The third kappa shape index (κ3) is 2.94. The predicted molar refractivity (Wildman–Crippen MR) is 79.9 cm³/mol. The molecule has 3 rings (SSSR count). The molecule has 0 bridgehead atoms. The first-order valence-corrected chi connectivity index (χ1v) is 7.44. The lowest BCUT2D eigenvalue weighted by molar-refractivity contribution is -0.930. The van der Waals surface area contributed by atoms with Gasteiger partial charge in [-0.2, -0.15) is 0 Å². The van der Waals surface area contributed by atoms with Crippen molar-refractivity contribution in [2.24, 2.45) is 0 Å². The third-order valence-corrected chi connectivity index (χ3v) is 4.22. The monoisotopic (exact) mass is 298 g/mol. The van der Waals surface area contributed by atoms with Gasteiger partial charge < -0.3 is 20.1 Å². The van der Waals surface area contributed by atoms with Crippen LogP contribution in [0.25, 0.3) is 10.8 Å². The van der Waals surface area contributed by atoms with Gasteiger partial charge >= 0.3 is 0 Å². The molecule has 1 aliphatic heterocycles. The van der Waals surface area contributed by atoms with E-state index in [0.29, 0.717) is 19.6 Å². The summed E-state index contributed by atoms with van der Waals surface area (Å²) in [4.78, 5) is 23.9. The lowest BCUT2D eigenvalue weighted by Gasteiger charge is -2.32. The zero-order valence-electron chi connectivity index (χ0n) is 12.2. The summed E-state index contributed by atoms with van der Waals surface area (Å²) in [5, 5.41) is 16.0. The Labute approximate surface area is 128 Å². The van der Waals surface area contributed by atoms with Crippen LogP contribution in [0.15, 0.2) is 42.5 Å². The van der Waals surface area contributed by atoms with Gasteiger partial charge in [0.2, 0.25) is 0 Å². The van der Waals surface area contributed by atoms with Crippen molar-refractivity contribution in [1.82, 2.24) is 5.32 Å². The lowest BCUT2D eigenvalue weighted by atomic mass is 10.0. The number of piperazine rings is 1. The average molecular weight is 298 g/mol. The molecule has 1 unspecified atom stereocenters. The zero-order valence-corrected chi connectivity index (χ0v) is 12.2. The molecule has 0 saturated carbocycles. The molecule has 1 fully saturated rings. The second-order valence-corrected chi connectivity index (χ2v) is 5.64. The quantitative estimate of drug-likeness (QED) is 0.750. The maximum absolute atomic E-state index is 12.0.